The predicted octanol–water partition coefficient (Wildman–Crippen LogP) is 1.39. The molecule has 0 aliphatic carbocycles. The number of ether oxygens (including phenoxy) is 1. The third kappa shape index (κ3) is 4.08. The van der Waals surface area contributed by atoms with E-state index in [0.717, 1.165) is 12.1 Å². The number of aliphatic hydroxyl groups excluding tert-OH is 1. The molecule has 0 amide bonds. The maximum atomic E-state index is 12.5. The zero-order valence-electron chi connectivity index (χ0n) is 10.0. The fraction of sp³-hybridized carbons (Fsp3) is 0.455. The number of nitriles is 1. The van der Waals surface area contributed by atoms with Gasteiger partial charge in [0.15, 0.2) is 0 Å². The highest BCUT2D eigenvalue weighted by Gasteiger charge is 2.33. The van der Waals surface area contributed by atoms with Crippen LogP contribution < -0.4 is 5.32 Å². The molecule has 1 aromatic heterocycles. The lowest BCUT2D eigenvalue weighted by Crippen LogP contribution is -2.30. The van der Waals surface area contributed by atoms with E-state index >= 15 is 0 Å². The van der Waals surface area contributed by atoms with Crippen LogP contribution in [0.5, 0.6) is 0 Å². The van der Waals surface area contributed by atoms with Crippen LogP contribution in [0.25, 0.3) is 0 Å². The summed E-state index contributed by atoms with van der Waals surface area (Å²) in [6, 6.07) is 2.84. The lowest BCUT2D eigenvalue weighted by Gasteiger charge is -2.17. The van der Waals surface area contributed by atoms with Gasteiger partial charge < -0.3 is 15.2 Å². The highest BCUT2D eigenvalue weighted by Crippen LogP contribution is 2.29. The van der Waals surface area contributed by atoms with Crippen LogP contribution in [-0.4, -0.2) is 36.5 Å². The van der Waals surface area contributed by atoms with Gasteiger partial charge in [0.05, 0.1) is 24.8 Å². The molecule has 1 aromatic rings. The van der Waals surface area contributed by atoms with Crippen LogP contribution in [-0.2, 0) is 10.9 Å². The molecule has 2 N–H and O–H groups in total. The summed E-state index contributed by atoms with van der Waals surface area (Å²) >= 11 is 0. The van der Waals surface area contributed by atoms with E-state index < -0.39 is 17.9 Å². The molecule has 1 unspecified atom stereocenters. The van der Waals surface area contributed by atoms with Crippen molar-refractivity contribution >= 4 is 5.82 Å². The summed E-state index contributed by atoms with van der Waals surface area (Å²) in [6.45, 7) is -0.296. The molecule has 5 nitrogen and oxygen atoms in total. The Morgan fingerprint density at radius 1 is 1.53 bits per heavy atom. The second-order valence-electron chi connectivity index (χ2n) is 3.68. The zero-order valence-corrected chi connectivity index (χ0v) is 10.0. The van der Waals surface area contributed by atoms with Gasteiger partial charge in [-0.2, -0.15) is 18.4 Å². The summed E-state index contributed by atoms with van der Waals surface area (Å²) in [6.07, 6.45) is -4.60. The molecule has 1 atom stereocenters. The molecule has 0 aliphatic rings. The zero-order chi connectivity index (χ0) is 14.5. The molecule has 19 heavy (non-hydrogen) atoms. The number of alkyl halides is 3. The molecule has 0 saturated heterocycles. The fourth-order valence-corrected chi connectivity index (χ4v) is 1.35. The summed E-state index contributed by atoms with van der Waals surface area (Å²) in [5.74, 6) is -0.228. The van der Waals surface area contributed by atoms with Gasteiger partial charge in [-0.05, 0) is 12.1 Å². The van der Waals surface area contributed by atoms with E-state index in [2.05, 4.69) is 10.3 Å². The number of methoxy groups -OCH3 is 1. The van der Waals surface area contributed by atoms with Crippen molar-refractivity contribution < 1.29 is 23.0 Å². The quantitative estimate of drug-likeness (QED) is 0.849. The normalized spacial score (nSPS) is 12.8. The second kappa shape index (κ2) is 6.36. The molecule has 0 aliphatic heterocycles. The number of anilines is 1. The molecule has 0 fully saturated rings. The van der Waals surface area contributed by atoms with Crippen molar-refractivity contribution in [1.29, 1.82) is 5.26 Å². The van der Waals surface area contributed by atoms with E-state index in [9.17, 15) is 13.2 Å². The summed E-state index contributed by atoms with van der Waals surface area (Å²) in [4.78, 5) is 3.36. The van der Waals surface area contributed by atoms with Gasteiger partial charge >= 0.3 is 6.18 Å². The topological polar surface area (TPSA) is 78.2 Å². The van der Waals surface area contributed by atoms with E-state index in [0.29, 0.717) is 0 Å². The van der Waals surface area contributed by atoms with Crippen LogP contribution >= 0.6 is 0 Å². The van der Waals surface area contributed by atoms with Gasteiger partial charge in [0.1, 0.15) is 17.6 Å². The summed E-state index contributed by atoms with van der Waals surface area (Å²) < 4.78 is 42.4. The first-order chi connectivity index (χ1) is 8.92. The Balaban J connectivity index is 3.06. The van der Waals surface area contributed by atoms with E-state index in [1.165, 1.54) is 7.11 Å². The van der Waals surface area contributed by atoms with Gasteiger partial charge in [-0.3, -0.25) is 0 Å². The van der Waals surface area contributed by atoms with Crippen LogP contribution in [0.2, 0.25) is 0 Å². The van der Waals surface area contributed by atoms with Gasteiger partial charge in [-0.15, -0.1) is 0 Å². The number of nitrogens with zero attached hydrogens (tertiary/aromatic N) is 2. The Morgan fingerprint density at radius 2 is 2.21 bits per heavy atom. The second-order valence-corrected chi connectivity index (χ2v) is 3.68. The molecule has 0 bridgehead atoms. The highest BCUT2D eigenvalue weighted by atomic mass is 19.4. The average molecular weight is 275 g/mol. The van der Waals surface area contributed by atoms with Crippen LogP contribution in [0.15, 0.2) is 12.1 Å². The number of hydrogen-bond donors (Lipinski definition) is 2. The largest absolute Gasteiger partial charge is 0.433 e. The maximum Gasteiger partial charge on any atom is 0.433 e. The Bertz CT molecular complexity index is 471. The minimum Gasteiger partial charge on any atom is -0.394 e. The van der Waals surface area contributed by atoms with Crippen LogP contribution in [0.4, 0.5) is 19.0 Å². The molecular weight excluding hydrogens is 263 g/mol. The van der Waals surface area contributed by atoms with E-state index in [1.54, 1.807) is 6.07 Å². The first-order valence-corrected chi connectivity index (χ1v) is 5.27. The van der Waals surface area contributed by atoms with E-state index in [1.807, 2.05) is 0 Å². The molecule has 0 spiro atoms. The lowest BCUT2D eigenvalue weighted by atomic mass is 10.2. The first-order valence-electron chi connectivity index (χ1n) is 5.27. The molecule has 0 radical (unpaired) electrons. The molecule has 0 saturated carbocycles. The van der Waals surface area contributed by atoms with Crippen LogP contribution in [0.3, 0.4) is 0 Å². The number of rotatable bonds is 5. The van der Waals surface area contributed by atoms with Gasteiger partial charge in [0, 0.05) is 7.11 Å². The molecule has 0 aromatic carbocycles. The number of halogens is 3. The predicted molar refractivity (Wildman–Crippen MR) is 60.3 cm³/mol. The van der Waals surface area contributed by atoms with Crippen LogP contribution in [0, 0.1) is 11.3 Å². The van der Waals surface area contributed by atoms with Gasteiger partial charge in [-0.25, -0.2) is 4.98 Å². The van der Waals surface area contributed by atoms with Crippen molar-refractivity contribution in [2.75, 3.05) is 25.6 Å². The molecule has 1 rings (SSSR count). The maximum absolute atomic E-state index is 12.5. The average Bonchev–Trinajstić information content (AvgIpc) is 2.37. The number of nitrogens with one attached hydrogen (secondary N) is 1. The minimum atomic E-state index is -4.60. The van der Waals surface area contributed by atoms with Gasteiger partial charge in [0.25, 0.3) is 0 Å². The van der Waals surface area contributed by atoms with Gasteiger partial charge in [-0.1, -0.05) is 0 Å². The number of aromatic nitrogens is 1. The van der Waals surface area contributed by atoms with Crippen molar-refractivity contribution in [3.63, 3.8) is 0 Å². The fourth-order valence-electron chi connectivity index (χ4n) is 1.35. The van der Waals surface area contributed by atoms with E-state index in [4.69, 9.17) is 15.1 Å². The Labute approximate surface area is 107 Å². The number of hydrogen-bond acceptors (Lipinski definition) is 5. The summed E-state index contributed by atoms with van der Waals surface area (Å²) in [5, 5.41) is 20.4. The Hall–Kier alpha value is -1.85. The molecule has 104 valence electrons. The Kier molecular flexibility index (Phi) is 5.09. The van der Waals surface area contributed by atoms with Crippen molar-refractivity contribution in [2.24, 2.45) is 0 Å². The van der Waals surface area contributed by atoms with Crippen molar-refractivity contribution in [3.05, 3.63) is 23.4 Å². The van der Waals surface area contributed by atoms with Crippen molar-refractivity contribution in [3.8, 4) is 6.07 Å². The molecular formula is C11H12F3N3O2. The SMILES string of the molecule is COCC(CO)Nc1nc(C(F)(F)F)ccc1C#N. The number of aliphatic hydroxyl groups is 1. The molecule has 1 heterocycles. The van der Waals surface area contributed by atoms with Crippen molar-refractivity contribution in [2.45, 2.75) is 12.2 Å². The summed E-state index contributed by atoms with van der Waals surface area (Å²) in [7, 11) is 1.38. The number of pyridine rings is 1. The van der Waals surface area contributed by atoms with Crippen LogP contribution in [0.1, 0.15) is 11.3 Å². The smallest absolute Gasteiger partial charge is 0.394 e. The van der Waals surface area contributed by atoms with Gasteiger partial charge in [0.2, 0.25) is 0 Å². The third-order valence-corrected chi connectivity index (χ3v) is 2.24. The summed E-state index contributed by atoms with van der Waals surface area (Å²) in [5.41, 5.74) is -1.15. The molecule has 8 heteroatoms. The Morgan fingerprint density at radius 3 is 2.68 bits per heavy atom. The standard InChI is InChI=1S/C11H12F3N3O2/c1-19-6-8(5-18)16-10-7(4-15)2-3-9(17-10)11(12,13)14/h2-3,8,18H,5-6H2,1H3,(H,16,17). The van der Waals surface area contributed by atoms with E-state index in [-0.39, 0.29) is 24.6 Å². The van der Waals surface area contributed by atoms with Crippen molar-refractivity contribution in [1.82, 2.24) is 4.98 Å². The monoisotopic (exact) mass is 275 g/mol. The minimum absolute atomic E-state index is 0.0393. The third-order valence-electron chi connectivity index (χ3n) is 2.24. The highest BCUT2D eigenvalue weighted by molar-refractivity contribution is 5.53. The lowest BCUT2D eigenvalue weighted by molar-refractivity contribution is -0.141. The first kappa shape index (κ1) is 15.2.